The molecule has 0 radical (unpaired) electrons. The van der Waals surface area contributed by atoms with Crippen LogP contribution in [0.25, 0.3) is 0 Å². The third-order valence-electron chi connectivity index (χ3n) is 0.836. The van der Waals surface area contributed by atoms with E-state index in [1.807, 2.05) is 0 Å². The number of hydrogen-bond donors (Lipinski definition) is 2. The average Bonchev–Trinajstić information content (AvgIpc) is 1.87. The molecule has 0 amide bonds. The van der Waals surface area contributed by atoms with Crippen LogP contribution in [0.3, 0.4) is 0 Å². The first-order chi connectivity index (χ1) is 4.20. The highest BCUT2D eigenvalue weighted by Crippen LogP contribution is 2.20. The monoisotopic (exact) mass is 152 g/mol. The molecule has 0 aromatic carbocycles. The van der Waals surface area contributed by atoms with Crippen LogP contribution in [0.15, 0.2) is 0 Å². The molecule has 2 atom stereocenters. The van der Waals surface area contributed by atoms with Crippen molar-refractivity contribution in [3.63, 3.8) is 0 Å². The molecule has 54 valence electrons. The highest BCUT2D eigenvalue weighted by Gasteiger charge is 2.19. The second-order valence-corrected chi connectivity index (χ2v) is 2.98. The summed E-state index contributed by atoms with van der Waals surface area (Å²) in [5.41, 5.74) is 5.04. The number of hydrogen-bond acceptors (Lipinski definition) is 4. The van der Waals surface area contributed by atoms with Gasteiger partial charge >= 0.3 is 8.03 Å². The molecule has 5 heteroatoms. The maximum Gasteiger partial charge on any atom is 0.510 e. The first-order valence-corrected chi connectivity index (χ1v) is 3.94. The summed E-state index contributed by atoms with van der Waals surface area (Å²) in [5.74, 6) is 0. The highest BCUT2D eigenvalue weighted by atomic mass is 31.1. The third-order valence-corrected chi connectivity index (χ3v) is 1.96. The van der Waals surface area contributed by atoms with Crippen LogP contribution in [0.2, 0.25) is 0 Å². The molecule has 9 heavy (non-hydrogen) atoms. The van der Waals surface area contributed by atoms with Gasteiger partial charge in [-0.3, -0.25) is 0 Å². The van der Waals surface area contributed by atoms with Gasteiger partial charge in [0.05, 0.1) is 7.11 Å². The maximum atomic E-state index is 10.5. The van der Waals surface area contributed by atoms with Gasteiger partial charge in [-0.2, -0.15) is 0 Å². The molecule has 0 spiro atoms. The van der Waals surface area contributed by atoms with E-state index in [0.717, 1.165) is 0 Å². The van der Waals surface area contributed by atoms with E-state index in [-0.39, 0.29) is 12.7 Å². The Morgan fingerprint density at radius 1 is 1.89 bits per heavy atom. The maximum absolute atomic E-state index is 10.5. The fraction of sp³-hybridized carbons (Fsp3) is 1.00. The number of rotatable bonds is 4. The van der Waals surface area contributed by atoms with Crippen LogP contribution in [-0.4, -0.2) is 31.0 Å². The molecular formula is C4H11NO3P+. The number of nitrogens with two attached hydrogens (primary N) is 1. The summed E-state index contributed by atoms with van der Waals surface area (Å²) in [5, 5.41) is 8.77. The molecule has 0 aliphatic heterocycles. The smallest absolute Gasteiger partial charge is 0.387 e. The molecule has 0 heterocycles. The molecular weight excluding hydrogens is 141 g/mol. The van der Waals surface area contributed by atoms with E-state index >= 15 is 0 Å². The van der Waals surface area contributed by atoms with Crippen molar-refractivity contribution in [2.75, 3.05) is 19.8 Å². The summed E-state index contributed by atoms with van der Waals surface area (Å²) in [6.07, 6.45) is -0.573. The van der Waals surface area contributed by atoms with Gasteiger partial charge in [0.1, 0.15) is 6.10 Å². The molecule has 3 N–H and O–H groups in total. The van der Waals surface area contributed by atoms with Crippen molar-refractivity contribution in [3.05, 3.63) is 0 Å². The zero-order chi connectivity index (χ0) is 7.28. The molecule has 0 saturated heterocycles. The predicted molar refractivity (Wildman–Crippen MR) is 34.5 cm³/mol. The van der Waals surface area contributed by atoms with Gasteiger partial charge in [-0.05, 0) is 4.57 Å². The molecule has 0 rings (SSSR count). The Morgan fingerprint density at radius 2 is 2.44 bits per heavy atom. The van der Waals surface area contributed by atoms with Gasteiger partial charge in [0.25, 0.3) is 0 Å². The minimum absolute atomic E-state index is 0.127. The fourth-order valence-electron chi connectivity index (χ4n) is 0.321. The lowest BCUT2D eigenvalue weighted by Crippen LogP contribution is -2.21. The zero-order valence-corrected chi connectivity index (χ0v) is 6.17. The minimum Gasteiger partial charge on any atom is -0.387 e. The SMILES string of the molecule is CO[P+](=O)C[C@H](O)CN. The van der Waals surface area contributed by atoms with Gasteiger partial charge in [0, 0.05) is 6.54 Å². The van der Waals surface area contributed by atoms with Crippen LogP contribution in [0.4, 0.5) is 0 Å². The second-order valence-electron chi connectivity index (χ2n) is 1.59. The molecule has 0 aromatic rings. The third kappa shape index (κ3) is 4.48. The molecule has 0 saturated carbocycles. The van der Waals surface area contributed by atoms with E-state index in [4.69, 9.17) is 10.8 Å². The Kier molecular flexibility index (Phi) is 4.81. The largest absolute Gasteiger partial charge is 0.510 e. The summed E-state index contributed by atoms with van der Waals surface area (Å²) >= 11 is 0. The van der Waals surface area contributed by atoms with Gasteiger partial charge in [0.15, 0.2) is 0 Å². The topological polar surface area (TPSA) is 72.5 Å². The first-order valence-electron chi connectivity index (χ1n) is 2.57. The van der Waals surface area contributed by atoms with E-state index in [1.54, 1.807) is 0 Å². The van der Waals surface area contributed by atoms with Crippen LogP contribution in [0.1, 0.15) is 0 Å². The summed E-state index contributed by atoms with van der Waals surface area (Å²) in [7, 11) is -0.368. The Balaban J connectivity index is 3.34. The summed E-state index contributed by atoms with van der Waals surface area (Å²) in [4.78, 5) is 0. The molecule has 0 aromatic heterocycles. The first kappa shape index (κ1) is 8.98. The predicted octanol–water partition coefficient (Wildman–Crippen LogP) is -0.305. The van der Waals surface area contributed by atoms with Crippen LogP contribution in [0.5, 0.6) is 0 Å². The van der Waals surface area contributed by atoms with Crippen LogP contribution < -0.4 is 5.73 Å². The Bertz CT molecular complexity index is 97.8. The lowest BCUT2D eigenvalue weighted by atomic mass is 10.4. The van der Waals surface area contributed by atoms with Crippen LogP contribution >= 0.6 is 8.03 Å². The van der Waals surface area contributed by atoms with Crippen molar-refractivity contribution in [2.45, 2.75) is 6.10 Å². The molecule has 0 aliphatic carbocycles. The molecule has 0 fully saturated rings. The van der Waals surface area contributed by atoms with E-state index in [9.17, 15) is 4.57 Å². The van der Waals surface area contributed by atoms with Crippen molar-refractivity contribution in [2.24, 2.45) is 5.73 Å². The second kappa shape index (κ2) is 4.82. The highest BCUT2D eigenvalue weighted by molar-refractivity contribution is 7.39. The molecule has 0 bridgehead atoms. The van der Waals surface area contributed by atoms with Gasteiger partial charge in [-0.1, -0.05) is 0 Å². The van der Waals surface area contributed by atoms with E-state index < -0.39 is 14.1 Å². The molecule has 4 nitrogen and oxygen atoms in total. The lowest BCUT2D eigenvalue weighted by Gasteiger charge is -1.95. The summed E-state index contributed by atoms with van der Waals surface area (Å²) in [6, 6.07) is 0. The van der Waals surface area contributed by atoms with Crippen molar-refractivity contribution in [1.82, 2.24) is 0 Å². The Labute approximate surface area is 54.9 Å². The standard InChI is InChI=1S/C4H11NO3P/c1-8-9(7)3-4(6)2-5/h4,6H,2-3,5H2,1H3/q+1/t4-/m1/s1. The number of aliphatic hydroxyl groups excluding tert-OH is 1. The van der Waals surface area contributed by atoms with Crippen molar-refractivity contribution >= 4 is 8.03 Å². The van der Waals surface area contributed by atoms with E-state index in [0.29, 0.717) is 0 Å². The Hall–Kier alpha value is -0.0200. The lowest BCUT2D eigenvalue weighted by molar-refractivity contribution is 0.202. The normalized spacial score (nSPS) is 15.2. The number of aliphatic hydroxyl groups is 1. The molecule has 1 unspecified atom stereocenters. The molecule has 0 aliphatic rings. The van der Waals surface area contributed by atoms with Crippen molar-refractivity contribution in [3.8, 4) is 0 Å². The summed E-state index contributed by atoms with van der Waals surface area (Å²) in [6.45, 7) is 0.129. The average molecular weight is 152 g/mol. The van der Waals surface area contributed by atoms with Gasteiger partial charge in [-0.25, -0.2) is 0 Å². The van der Waals surface area contributed by atoms with E-state index in [1.165, 1.54) is 7.11 Å². The van der Waals surface area contributed by atoms with Crippen LogP contribution in [0, 0.1) is 0 Å². The van der Waals surface area contributed by atoms with Crippen molar-refractivity contribution < 1.29 is 14.2 Å². The minimum atomic E-state index is -1.70. The Morgan fingerprint density at radius 3 is 2.78 bits per heavy atom. The van der Waals surface area contributed by atoms with Gasteiger partial charge in [-0.15, -0.1) is 4.52 Å². The van der Waals surface area contributed by atoms with Gasteiger partial charge < -0.3 is 10.8 Å². The van der Waals surface area contributed by atoms with E-state index in [2.05, 4.69) is 4.52 Å². The fourth-order valence-corrected chi connectivity index (χ4v) is 0.963. The van der Waals surface area contributed by atoms with Crippen LogP contribution in [-0.2, 0) is 9.09 Å². The quantitative estimate of drug-likeness (QED) is 0.542. The van der Waals surface area contributed by atoms with Crippen molar-refractivity contribution in [1.29, 1.82) is 0 Å². The summed E-state index contributed by atoms with van der Waals surface area (Å²) < 4.78 is 14.9. The van der Waals surface area contributed by atoms with Gasteiger partial charge in [0.2, 0.25) is 6.16 Å². The zero-order valence-electron chi connectivity index (χ0n) is 5.28.